The number of nitrogens with one attached hydrogen (secondary N) is 1. The molecular weight excluding hydrogens is 292 g/mol. The van der Waals surface area contributed by atoms with Crippen LogP contribution in [0.15, 0.2) is 28.8 Å². The van der Waals surface area contributed by atoms with E-state index in [1.807, 2.05) is 45.0 Å². The van der Waals surface area contributed by atoms with Crippen LogP contribution in [0.1, 0.15) is 45.9 Å². The number of anilines is 1. The first-order valence-corrected chi connectivity index (χ1v) is 7.83. The van der Waals surface area contributed by atoms with Gasteiger partial charge < -0.3 is 15.6 Å². The SMILES string of the molecule is CC(C)(C)C(=O)Nc1ccccc1-c1nc(C2(N)CCC2)no1. The maximum Gasteiger partial charge on any atom is 0.260 e. The van der Waals surface area contributed by atoms with E-state index in [0.717, 1.165) is 19.3 Å². The van der Waals surface area contributed by atoms with Gasteiger partial charge in [0.05, 0.1) is 16.8 Å². The smallest absolute Gasteiger partial charge is 0.260 e. The largest absolute Gasteiger partial charge is 0.334 e. The fraction of sp³-hybridized carbons (Fsp3) is 0.471. The third-order valence-electron chi connectivity index (χ3n) is 4.20. The van der Waals surface area contributed by atoms with E-state index in [-0.39, 0.29) is 5.91 Å². The molecule has 2 aromatic rings. The van der Waals surface area contributed by atoms with E-state index < -0.39 is 11.0 Å². The van der Waals surface area contributed by atoms with Gasteiger partial charge in [-0.15, -0.1) is 0 Å². The molecule has 23 heavy (non-hydrogen) atoms. The summed E-state index contributed by atoms with van der Waals surface area (Å²) >= 11 is 0. The molecule has 0 spiro atoms. The number of benzene rings is 1. The Hall–Kier alpha value is -2.21. The number of hydrogen-bond acceptors (Lipinski definition) is 5. The van der Waals surface area contributed by atoms with Crippen LogP contribution in [-0.2, 0) is 10.3 Å². The molecule has 1 aromatic heterocycles. The number of nitrogens with zero attached hydrogens (tertiary/aromatic N) is 2. The molecular formula is C17H22N4O2. The highest BCUT2D eigenvalue weighted by molar-refractivity contribution is 5.97. The van der Waals surface area contributed by atoms with Gasteiger partial charge in [0.15, 0.2) is 5.82 Å². The van der Waals surface area contributed by atoms with Crippen LogP contribution in [0, 0.1) is 5.41 Å². The molecule has 6 nitrogen and oxygen atoms in total. The number of para-hydroxylation sites is 1. The number of hydrogen-bond donors (Lipinski definition) is 2. The van der Waals surface area contributed by atoms with Crippen LogP contribution in [0.3, 0.4) is 0 Å². The average Bonchev–Trinajstić information content (AvgIpc) is 2.94. The number of carbonyl (C=O) groups is 1. The van der Waals surface area contributed by atoms with Crippen molar-refractivity contribution in [3.63, 3.8) is 0 Å². The van der Waals surface area contributed by atoms with Crippen molar-refractivity contribution in [3.05, 3.63) is 30.1 Å². The molecule has 1 aliphatic rings. The van der Waals surface area contributed by atoms with Crippen LogP contribution in [0.2, 0.25) is 0 Å². The molecule has 0 unspecified atom stereocenters. The van der Waals surface area contributed by atoms with Crippen molar-refractivity contribution in [1.29, 1.82) is 0 Å². The van der Waals surface area contributed by atoms with Crippen molar-refractivity contribution >= 4 is 11.6 Å². The molecule has 1 heterocycles. The first kappa shape index (κ1) is 15.7. The molecule has 122 valence electrons. The second kappa shape index (κ2) is 5.45. The molecule has 0 aliphatic heterocycles. The maximum absolute atomic E-state index is 12.2. The highest BCUT2D eigenvalue weighted by Crippen LogP contribution is 2.38. The van der Waals surface area contributed by atoms with Crippen LogP contribution in [0.25, 0.3) is 11.5 Å². The van der Waals surface area contributed by atoms with Crippen LogP contribution in [-0.4, -0.2) is 16.0 Å². The zero-order chi connectivity index (χ0) is 16.7. The van der Waals surface area contributed by atoms with E-state index in [2.05, 4.69) is 15.5 Å². The van der Waals surface area contributed by atoms with E-state index in [1.54, 1.807) is 0 Å². The van der Waals surface area contributed by atoms with Gasteiger partial charge in [-0.2, -0.15) is 4.98 Å². The van der Waals surface area contributed by atoms with E-state index in [0.29, 0.717) is 23.0 Å². The summed E-state index contributed by atoms with van der Waals surface area (Å²) < 4.78 is 5.39. The van der Waals surface area contributed by atoms with Crippen molar-refractivity contribution < 1.29 is 9.32 Å². The molecule has 3 rings (SSSR count). The second-order valence-electron chi connectivity index (χ2n) is 7.18. The standard InChI is InChI=1S/C17H22N4O2/c1-16(2,3)15(22)19-12-8-5-4-7-11(12)13-20-14(21-23-13)17(18)9-6-10-17/h4-5,7-8H,6,9-10,18H2,1-3H3,(H,19,22). The van der Waals surface area contributed by atoms with E-state index in [4.69, 9.17) is 10.3 Å². The molecule has 1 fully saturated rings. The summed E-state index contributed by atoms with van der Waals surface area (Å²) in [5, 5.41) is 6.96. The van der Waals surface area contributed by atoms with Crippen molar-refractivity contribution in [3.8, 4) is 11.5 Å². The van der Waals surface area contributed by atoms with E-state index in [1.165, 1.54) is 0 Å². The Labute approximate surface area is 135 Å². The Morgan fingerprint density at radius 3 is 2.61 bits per heavy atom. The topological polar surface area (TPSA) is 94.0 Å². The highest BCUT2D eigenvalue weighted by Gasteiger charge is 2.39. The van der Waals surface area contributed by atoms with Gasteiger partial charge in [-0.25, -0.2) is 0 Å². The lowest BCUT2D eigenvalue weighted by molar-refractivity contribution is -0.123. The molecule has 3 N–H and O–H groups in total. The van der Waals surface area contributed by atoms with Gasteiger partial charge in [0.25, 0.3) is 5.89 Å². The van der Waals surface area contributed by atoms with Crippen molar-refractivity contribution in [2.24, 2.45) is 11.1 Å². The molecule has 1 saturated carbocycles. The van der Waals surface area contributed by atoms with Gasteiger partial charge in [0.1, 0.15) is 0 Å². The lowest BCUT2D eigenvalue weighted by atomic mass is 9.77. The Kier molecular flexibility index (Phi) is 3.72. The van der Waals surface area contributed by atoms with Gasteiger partial charge in [0, 0.05) is 5.41 Å². The lowest BCUT2D eigenvalue weighted by Gasteiger charge is -2.34. The van der Waals surface area contributed by atoms with Gasteiger partial charge in [-0.05, 0) is 31.4 Å². The van der Waals surface area contributed by atoms with Gasteiger partial charge in [-0.3, -0.25) is 4.79 Å². The molecule has 1 aliphatic carbocycles. The predicted octanol–water partition coefficient (Wildman–Crippen LogP) is 3.06. The van der Waals surface area contributed by atoms with E-state index >= 15 is 0 Å². The van der Waals surface area contributed by atoms with Gasteiger partial charge >= 0.3 is 0 Å². The summed E-state index contributed by atoms with van der Waals surface area (Å²) in [6, 6.07) is 7.40. The second-order valence-corrected chi connectivity index (χ2v) is 7.18. The predicted molar refractivity (Wildman–Crippen MR) is 87.5 cm³/mol. The summed E-state index contributed by atoms with van der Waals surface area (Å²) in [5.74, 6) is 0.844. The fourth-order valence-electron chi connectivity index (χ4n) is 2.40. The Bertz CT molecular complexity index is 726. The molecule has 1 amide bonds. The number of carbonyl (C=O) groups excluding carboxylic acids is 1. The van der Waals surface area contributed by atoms with Crippen LogP contribution < -0.4 is 11.1 Å². The molecule has 1 aromatic carbocycles. The molecule has 0 atom stereocenters. The summed E-state index contributed by atoms with van der Waals surface area (Å²) in [7, 11) is 0. The summed E-state index contributed by atoms with van der Waals surface area (Å²) in [6.45, 7) is 5.60. The van der Waals surface area contributed by atoms with Crippen molar-refractivity contribution in [2.45, 2.75) is 45.6 Å². The molecule has 0 radical (unpaired) electrons. The van der Waals surface area contributed by atoms with Crippen LogP contribution >= 0.6 is 0 Å². The minimum absolute atomic E-state index is 0.0704. The van der Waals surface area contributed by atoms with Crippen LogP contribution in [0.5, 0.6) is 0 Å². The van der Waals surface area contributed by atoms with E-state index in [9.17, 15) is 4.79 Å². The van der Waals surface area contributed by atoms with Crippen molar-refractivity contribution in [1.82, 2.24) is 10.1 Å². The first-order valence-electron chi connectivity index (χ1n) is 7.83. The molecule has 0 bridgehead atoms. The van der Waals surface area contributed by atoms with Gasteiger partial charge in [0.2, 0.25) is 5.91 Å². The number of rotatable bonds is 3. The lowest BCUT2D eigenvalue weighted by Crippen LogP contribution is -2.44. The quantitative estimate of drug-likeness (QED) is 0.908. The monoisotopic (exact) mass is 314 g/mol. The Morgan fingerprint density at radius 1 is 1.30 bits per heavy atom. The summed E-state index contributed by atoms with van der Waals surface area (Å²) in [6.07, 6.45) is 2.82. The Morgan fingerprint density at radius 2 is 2.00 bits per heavy atom. The maximum atomic E-state index is 12.2. The summed E-state index contributed by atoms with van der Waals surface area (Å²) in [5.41, 5.74) is 6.64. The molecule has 6 heteroatoms. The third-order valence-corrected chi connectivity index (χ3v) is 4.20. The van der Waals surface area contributed by atoms with Gasteiger partial charge in [-0.1, -0.05) is 38.1 Å². The Balaban J connectivity index is 1.90. The number of nitrogens with two attached hydrogens (primary N) is 1. The fourth-order valence-corrected chi connectivity index (χ4v) is 2.40. The average molecular weight is 314 g/mol. The third kappa shape index (κ3) is 2.99. The number of aromatic nitrogens is 2. The zero-order valence-electron chi connectivity index (χ0n) is 13.7. The van der Waals surface area contributed by atoms with Crippen molar-refractivity contribution in [2.75, 3.05) is 5.32 Å². The summed E-state index contributed by atoms with van der Waals surface area (Å²) in [4.78, 5) is 16.7. The zero-order valence-corrected chi connectivity index (χ0v) is 13.7. The highest BCUT2D eigenvalue weighted by atomic mass is 16.5. The normalized spacial score (nSPS) is 16.7. The minimum Gasteiger partial charge on any atom is -0.334 e. The minimum atomic E-state index is -0.486. The first-order chi connectivity index (χ1) is 10.8. The number of amides is 1. The van der Waals surface area contributed by atoms with Crippen LogP contribution in [0.4, 0.5) is 5.69 Å². The molecule has 0 saturated heterocycles.